The van der Waals surface area contributed by atoms with Gasteiger partial charge in [0.1, 0.15) is 31.2 Å². The summed E-state index contributed by atoms with van der Waals surface area (Å²) in [4.78, 5) is 162. The number of ether oxygens (including phenoxy) is 5. The molecular weight excluding hydrogens is 2060 g/mol. The molecule has 8 fully saturated rings. The number of nitrogens with two attached hydrogens (primary N) is 1. The fourth-order valence-corrected chi connectivity index (χ4v) is 26.5. The first-order valence-corrected chi connectivity index (χ1v) is 54.7. The topological polar surface area (TPSA) is 460 Å². The maximum atomic E-state index is 18.3. The summed E-state index contributed by atoms with van der Waals surface area (Å²) in [7, 11) is -9.61. The van der Waals surface area contributed by atoms with Crippen LogP contribution in [0.2, 0.25) is 0 Å². The number of fused-ring (bicyclic) bond motifs is 14. The highest BCUT2D eigenvalue weighted by molar-refractivity contribution is 9.09. The summed E-state index contributed by atoms with van der Waals surface area (Å²) in [6.45, 7) is 19.8. The van der Waals surface area contributed by atoms with Crippen molar-refractivity contribution in [1.29, 1.82) is 0 Å². The van der Waals surface area contributed by atoms with E-state index < -0.39 is 198 Å². The number of hydrogen-bond donors (Lipinski definition) is 9. The van der Waals surface area contributed by atoms with E-state index in [9.17, 15) is 77.1 Å². The Morgan fingerprint density at radius 2 is 0.931 bits per heavy atom. The van der Waals surface area contributed by atoms with Crippen molar-refractivity contribution in [2.24, 2.45) is 62.9 Å². The molecule has 0 spiro atoms. The number of unbranched alkanes of at least 4 members (excludes halogenated alkanes) is 3. The molecule has 2 heterocycles. The molecule has 2 saturated heterocycles. The molecule has 31 nitrogen and oxygen atoms in total. The smallest absolute Gasteiger partial charge is 0.460 e. The SMILES string of the molecule is CC(C)(C)OC(=O)CCCCC[C@H](CC(=O)CNC(=O)CBr)C(=O)Nc1cccc(Cc2ccc([C@@H]3O[C@@H]4C[C@H]5[C@@H]6C[C@H](F)C7=CC(=O)C=C[C@]7(C)[C@@]6(F)[C@@H](O)C[C@]5(C)[C@]4(C(=O)COP(=O)(OC(C)(C)C)OC(C)(C)C)O3)cc2)c1.C[C@]12C=CC(=O)C=C1[C@@H](F)C[C@H]1[C@@H]3C[C@H]4O[C@@H](c5ccc(Cc6cccc(NC(=O)[C@H](CCCCN)CC(=O)CNC(=O)CBr)c6)cc5)O[C@@]4(C(=O)COP(=O)(O)O)[C@@]3(C)C[C@H](O)[C@@]12F. The molecule has 14 rings (SSSR count). The Morgan fingerprint density at radius 3 is 1.31 bits per heavy atom. The number of Topliss-reactive ketones (excluding diaryl/α,β-unsaturated/α-hetero) is 4. The number of amides is 4. The van der Waals surface area contributed by atoms with Crippen LogP contribution >= 0.6 is 47.5 Å². The van der Waals surface area contributed by atoms with Crippen molar-refractivity contribution in [2.45, 2.75) is 294 Å². The average molecular weight is 2190 g/mol. The van der Waals surface area contributed by atoms with E-state index in [2.05, 4.69) is 57.7 Å². The molecule has 0 aromatic heterocycles. The number of esters is 1. The Hall–Kier alpha value is -8.17. The maximum absolute atomic E-state index is 18.3. The number of halogens is 6. The van der Waals surface area contributed by atoms with E-state index in [1.165, 1.54) is 38.2 Å². The third-order valence-electron chi connectivity index (χ3n) is 30.5. The number of alkyl halides is 6. The molecule has 4 aromatic carbocycles. The summed E-state index contributed by atoms with van der Waals surface area (Å²) in [5, 5.41) is 35.2. The zero-order chi connectivity index (χ0) is 106. The van der Waals surface area contributed by atoms with Gasteiger partial charge in [-0.05, 0) is 254 Å². The van der Waals surface area contributed by atoms with Crippen LogP contribution in [-0.2, 0) is 116 Å². The van der Waals surface area contributed by atoms with Gasteiger partial charge in [0.15, 0.2) is 69.8 Å². The lowest BCUT2D eigenvalue weighted by molar-refractivity contribution is -0.235. The highest BCUT2D eigenvalue weighted by Gasteiger charge is 2.83. The van der Waals surface area contributed by atoms with Gasteiger partial charge >= 0.3 is 21.6 Å². The molecular formula is C106H135Br2F4N5O26P2. The van der Waals surface area contributed by atoms with Gasteiger partial charge in [-0.25, -0.2) is 26.7 Å². The van der Waals surface area contributed by atoms with E-state index in [-0.39, 0.29) is 134 Å². The highest BCUT2D eigenvalue weighted by atomic mass is 79.9. The quantitative estimate of drug-likeness (QED) is 0.00656. The molecule has 0 bridgehead atoms. The molecule has 39 heteroatoms. The molecule has 4 amide bonds. The molecule has 10 aliphatic rings. The van der Waals surface area contributed by atoms with Gasteiger partial charge in [-0.1, -0.05) is 150 Å². The van der Waals surface area contributed by atoms with Crippen molar-refractivity contribution in [3.8, 4) is 0 Å². The minimum Gasteiger partial charge on any atom is -0.460 e. The molecule has 4 aromatic rings. The monoisotopic (exact) mass is 2190 g/mol. The number of aliphatic hydroxyl groups excluding tert-OH is 2. The maximum Gasteiger partial charge on any atom is 0.476 e. The first kappa shape index (κ1) is 114. The van der Waals surface area contributed by atoms with Gasteiger partial charge in [0.05, 0.1) is 59.4 Å². The minimum absolute atomic E-state index is 0.00642. The Labute approximate surface area is 859 Å². The number of benzene rings is 4. The number of ketones is 6. The predicted octanol–water partition coefficient (Wildman–Crippen LogP) is 16.2. The lowest BCUT2D eigenvalue weighted by atomic mass is 9.44. The van der Waals surface area contributed by atoms with Gasteiger partial charge in [0.2, 0.25) is 23.6 Å². The van der Waals surface area contributed by atoms with Crippen molar-refractivity contribution < 1.29 is 141 Å². The predicted molar refractivity (Wildman–Crippen MR) is 534 cm³/mol. The van der Waals surface area contributed by atoms with E-state index in [1.54, 1.807) is 125 Å². The van der Waals surface area contributed by atoms with Crippen molar-refractivity contribution in [3.05, 3.63) is 178 Å². The van der Waals surface area contributed by atoms with Crippen LogP contribution in [0.3, 0.4) is 0 Å². The van der Waals surface area contributed by atoms with Gasteiger partial charge in [0, 0.05) is 87.1 Å². The molecule has 0 radical (unpaired) electrons. The van der Waals surface area contributed by atoms with Crippen LogP contribution in [0.4, 0.5) is 28.9 Å². The molecule has 2 aliphatic heterocycles. The number of phosphoric acid groups is 2. The normalized spacial score (nSPS) is 31.1. The van der Waals surface area contributed by atoms with E-state index in [0.29, 0.717) is 86.8 Å². The summed E-state index contributed by atoms with van der Waals surface area (Å²) in [6.07, 6.45) is -0.718. The Balaban J connectivity index is 0.000000248. The lowest BCUT2D eigenvalue weighted by Gasteiger charge is -2.63. The standard InChI is InChI=1S/C60H80BrF2N2O14P.C46H55BrF2N3O12P/c1-54(2,3)76-51(71)19-14-12-13-17-39(28-42(67)34-64-50(70)33-61)52(72)65-40-18-15-16-37(27-40)26-36-20-22-38(23-21-36)53-75-49-31-43-44-30-46(62)45-29-41(66)24-25-57(45,10)59(44,63)47(68)32-58(43,11)60(49,77-53)48(69)35-74-80(73,78-55(4,5)6)79-56(7,8)9;1-43-14-13-31(53)19-35(43)36(48)20-34-33-21-39-46(38(56)25-62-65(59,60)61,44(33,2)22-37(55)45(34,43)49)64-42(63-39)28-11-9-26(10-12-28)16-27-6-5-8-30(17-27)52-41(58)29(7-3-4-15-50)18-32(54)24-51-40(57)23-47/h15-16,18,20-25,27,29,39,43-44,46-47,49,53,68H,12-14,17,19,26,28,30-35H2,1-11H3,(H,64,70)(H,65,72);5-6,8-14,17,19,29,33-34,36-37,39,42,55H,3-4,7,15-16,18,20-25,50H2,1-2H3,(H,51,57)(H,52,58)(H2,59,60,61)/t39-,43+,44+,46+,47+,49-,53-,57+,58+,59+,60-;29-,33+,34+,36+,37+,39-,42-,43+,44+,45+,46-/m11/s1. The van der Waals surface area contributed by atoms with Gasteiger partial charge in [-0.15, -0.1) is 0 Å². The Kier molecular flexibility index (Phi) is 35.2. The fourth-order valence-electron chi connectivity index (χ4n) is 24.1. The fraction of sp³-hybridized carbons (Fsp3) is 0.594. The number of carbonyl (C=O) groups excluding carboxylic acids is 11. The second kappa shape index (κ2) is 44.8. The largest absolute Gasteiger partial charge is 0.476 e. The summed E-state index contributed by atoms with van der Waals surface area (Å²) in [5.41, 5.74) is -6.60. The highest BCUT2D eigenvalue weighted by Crippen LogP contribution is 2.76. The van der Waals surface area contributed by atoms with Crippen molar-refractivity contribution in [3.63, 3.8) is 0 Å². The van der Waals surface area contributed by atoms with Crippen molar-refractivity contribution in [2.75, 3.05) is 54.1 Å². The minimum atomic E-state index is -5.15. The Bertz CT molecular complexity index is 5770. The summed E-state index contributed by atoms with van der Waals surface area (Å²) < 4.78 is 149. The molecule has 145 heavy (non-hydrogen) atoms. The third kappa shape index (κ3) is 24.4. The van der Waals surface area contributed by atoms with Gasteiger partial charge in [-0.3, -0.25) is 70.8 Å². The van der Waals surface area contributed by atoms with E-state index in [1.807, 2.05) is 48.5 Å². The van der Waals surface area contributed by atoms with Gasteiger partial charge in [-0.2, -0.15) is 0 Å². The number of allylic oxidation sites excluding steroid dienone is 8. The van der Waals surface area contributed by atoms with Crippen molar-refractivity contribution >= 4 is 123 Å². The van der Waals surface area contributed by atoms with Crippen LogP contribution in [0.15, 0.2) is 145 Å². The van der Waals surface area contributed by atoms with Crippen LogP contribution in [0.5, 0.6) is 0 Å². The summed E-state index contributed by atoms with van der Waals surface area (Å²) in [5.74, 6) is -10.0. The second-order valence-corrected chi connectivity index (χ2v) is 47.8. The number of carbonyl (C=O) groups is 11. The number of aliphatic hydroxyl groups is 2. The molecule has 6 saturated carbocycles. The third-order valence-corrected chi connectivity index (χ3v) is 34.0. The lowest BCUT2D eigenvalue weighted by Crippen LogP contribution is -2.70. The first-order valence-electron chi connectivity index (χ1n) is 49.4. The molecule has 0 unspecified atom stereocenters. The van der Waals surface area contributed by atoms with Crippen LogP contribution in [0.1, 0.15) is 239 Å². The summed E-state index contributed by atoms with van der Waals surface area (Å²) >= 11 is 6.12. The number of rotatable bonds is 40. The number of hydrogen-bond acceptors (Lipinski definition) is 25. The number of nitrogens with one attached hydrogen (secondary N) is 4. The van der Waals surface area contributed by atoms with Gasteiger partial charge in [0.25, 0.3) is 0 Å². The van der Waals surface area contributed by atoms with E-state index >= 15 is 22.4 Å². The van der Waals surface area contributed by atoms with E-state index in [0.717, 1.165) is 34.4 Å². The Morgan fingerprint density at radius 1 is 0.531 bits per heavy atom. The molecule has 792 valence electrons. The zero-order valence-corrected chi connectivity index (χ0v) is 88.9. The van der Waals surface area contributed by atoms with Gasteiger partial charge < -0.3 is 70.7 Å². The molecule has 10 N–H and O–H groups in total. The van der Waals surface area contributed by atoms with Crippen LogP contribution < -0.4 is 27.0 Å². The second-order valence-electron chi connectivity index (χ2n) is 43.9. The summed E-state index contributed by atoms with van der Waals surface area (Å²) in [6, 6.07) is 29.0. The van der Waals surface area contributed by atoms with E-state index in [4.69, 9.17) is 43.0 Å². The first-order chi connectivity index (χ1) is 67.8. The zero-order valence-electron chi connectivity index (χ0n) is 84.0. The number of phosphoric ester groups is 2. The number of anilines is 2. The van der Waals surface area contributed by atoms with Crippen molar-refractivity contribution in [1.82, 2.24) is 10.6 Å². The molecule has 8 aliphatic carbocycles. The van der Waals surface area contributed by atoms with Crippen LogP contribution in [0.25, 0.3) is 0 Å². The van der Waals surface area contributed by atoms with Crippen LogP contribution in [-0.4, -0.2) is 204 Å². The molecule has 22 atom stereocenters. The van der Waals surface area contributed by atoms with Crippen LogP contribution in [0, 0.1) is 57.2 Å². The average Bonchev–Trinajstić information content (AvgIpc) is 1.52.